The number of rotatable bonds is 8. The number of carbonyl (C=O) groups excluding carboxylic acids is 1. The predicted octanol–water partition coefficient (Wildman–Crippen LogP) is 6.39. The maximum atomic E-state index is 12.9. The van der Waals surface area contributed by atoms with Gasteiger partial charge in [-0.25, -0.2) is 9.59 Å². The zero-order chi connectivity index (χ0) is 27.4. The molecule has 204 valence electrons. The number of carbonyl (C=O) groups is 1. The molecule has 0 N–H and O–H groups in total. The van der Waals surface area contributed by atoms with Gasteiger partial charge in [0.15, 0.2) is 5.58 Å². The molecular weight excluding hydrogens is 490 g/mol. The zero-order valence-corrected chi connectivity index (χ0v) is 23.0. The standard InChI is InChI=1S/C32H37N3O4/c1-4-23(2)20-24(3)38-31(36)35-29-15-9-14-28(30(29)39-32(35)37)34-18-16-33(17-19-34)22-25-10-8-13-27(21-25)26-11-6-5-7-12-26/h5-15,21,23-24H,4,16-20,22H2,1-3H3. The van der Waals surface area contributed by atoms with Crippen LogP contribution in [0.1, 0.15) is 39.2 Å². The molecule has 0 spiro atoms. The summed E-state index contributed by atoms with van der Waals surface area (Å²) in [6, 6.07) is 24.7. The molecule has 1 fully saturated rings. The summed E-state index contributed by atoms with van der Waals surface area (Å²) in [5.74, 6) is -0.279. The van der Waals surface area contributed by atoms with Crippen molar-refractivity contribution in [3.8, 4) is 11.1 Å². The summed E-state index contributed by atoms with van der Waals surface area (Å²) in [6.45, 7) is 10.3. The van der Waals surface area contributed by atoms with Gasteiger partial charge in [0.25, 0.3) is 0 Å². The van der Waals surface area contributed by atoms with Gasteiger partial charge < -0.3 is 14.1 Å². The highest BCUT2D eigenvalue weighted by Gasteiger charge is 2.25. The number of hydrogen-bond acceptors (Lipinski definition) is 6. The SMILES string of the molecule is CCC(C)CC(C)OC(=O)n1c(=O)oc2c(N3CCN(Cc4cccc(-c5ccccc5)c4)CC3)cccc21. The summed E-state index contributed by atoms with van der Waals surface area (Å²) in [5, 5.41) is 0. The van der Waals surface area contributed by atoms with E-state index in [-0.39, 0.29) is 6.10 Å². The summed E-state index contributed by atoms with van der Waals surface area (Å²) in [6.07, 6.45) is 0.787. The quantitative estimate of drug-likeness (QED) is 0.264. The van der Waals surface area contributed by atoms with Crippen molar-refractivity contribution < 1.29 is 13.9 Å². The number of aromatic nitrogens is 1. The lowest BCUT2D eigenvalue weighted by Gasteiger charge is -2.36. The lowest BCUT2D eigenvalue weighted by Crippen LogP contribution is -2.46. The van der Waals surface area contributed by atoms with Gasteiger partial charge in [-0.2, -0.15) is 4.57 Å². The van der Waals surface area contributed by atoms with E-state index in [9.17, 15) is 9.59 Å². The fraction of sp³-hybridized carbons (Fsp3) is 0.375. The van der Waals surface area contributed by atoms with Crippen LogP contribution in [0.5, 0.6) is 0 Å². The minimum absolute atomic E-state index is 0.283. The molecule has 2 unspecified atom stereocenters. The number of hydrogen-bond donors (Lipinski definition) is 0. The largest absolute Gasteiger partial charge is 0.446 e. The van der Waals surface area contributed by atoms with Crippen LogP contribution in [0.15, 0.2) is 82.0 Å². The number of para-hydroxylation sites is 1. The molecule has 5 rings (SSSR count). The minimum Gasteiger partial charge on any atom is -0.446 e. The normalized spacial score (nSPS) is 15.8. The van der Waals surface area contributed by atoms with Crippen molar-refractivity contribution >= 4 is 22.9 Å². The Morgan fingerprint density at radius 1 is 0.923 bits per heavy atom. The average molecular weight is 528 g/mol. The molecule has 2 heterocycles. The van der Waals surface area contributed by atoms with Crippen molar-refractivity contribution in [3.63, 3.8) is 0 Å². The summed E-state index contributed by atoms with van der Waals surface area (Å²) in [7, 11) is 0. The third kappa shape index (κ3) is 6.09. The molecule has 1 aromatic heterocycles. The highest BCUT2D eigenvalue weighted by Crippen LogP contribution is 2.28. The number of fused-ring (bicyclic) bond motifs is 1. The van der Waals surface area contributed by atoms with Gasteiger partial charge in [0.2, 0.25) is 0 Å². The van der Waals surface area contributed by atoms with E-state index < -0.39 is 11.8 Å². The summed E-state index contributed by atoms with van der Waals surface area (Å²) < 4.78 is 12.2. The van der Waals surface area contributed by atoms with Gasteiger partial charge in [0, 0.05) is 32.7 Å². The first-order valence-corrected chi connectivity index (χ1v) is 13.9. The fourth-order valence-electron chi connectivity index (χ4n) is 5.34. The number of oxazole rings is 1. The second kappa shape index (κ2) is 11.9. The zero-order valence-electron chi connectivity index (χ0n) is 23.0. The van der Waals surface area contributed by atoms with Crippen LogP contribution in [-0.4, -0.2) is 47.8 Å². The number of anilines is 1. The van der Waals surface area contributed by atoms with Gasteiger partial charge in [-0.05, 0) is 54.2 Å². The number of ether oxygens (including phenoxy) is 1. The molecule has 1 saturated heterocycles. The number of piperazine rings is 1. The molecule has 39 heavy (non-hydrogen) atoms. The van der Waals surface area contributed by atoms with Gasteiger partial charge in [0.05, 0.1) is 5.69 Å². The fourth-order valence-corrected chi connectivity index (χ4v) is 5.34. The molecule has 3 aromatic carbocycles. The minimum atomic E-state index is -0.713. The molecule has 7 nitrogen and oxygen atoms in total. The van der Waals surface area contributed by atoms with E-state index in [1.807, 2.05) is 25.1 Å². The molecule has 0 aliphatic carbocycles. The molecule has 1 aliphatic rings. The van der Waals surface area contributed by atoms with Crippen molar-refractivity contribution in [2.45, 2.75) is 46.3 Å². The van der Waals surface area contributed by atoms with Crippen LogP contribution in [0.2, 0.25) is 0 Å². The van der Waals surface area contributed by atoms with Gasteiger partial charge in [-0.3, -0.25) is 4.90 Å². The van der Waals surface area contributed by atoms with Crippen LogP contribution in [-0.2, 0) is 11.3 Å². The third-order valence-electron chi connectivity index (χ3n) is 7.66. The van der Waals surface area contributed by atoms with Crippen molar-refractivity contribution in [1.82, 2.24) is 9.47 Å². The van der Waals surface area contributed by atoms with Gasteiger partial charge >= 0.3 is 11.8 Å². The van der Waals surface area contributed by atoms with Gasteiger partial charge in [-0.1, -0.05) is 74.9 Å². The first-order chi connectivity index (χ1) is 18.9. The first-order valence-electron chi connectivity index (χ1n) is 13.9. The Labute approximate surface area is 229 Å². The van der Waals surface area contributed by atoms with Crippen LogP contribution < -0.4 is 10.7 Å². The van der Waals surface area contributed by atoms with E-state index in [0.29, 0.717) is 17.0 Å². The highest BCUT2D eigenvalue weighted by molar-refractivity contribution is 5.92. The Bertz CT molecular complexity index is 1470. The summed E-state index contributed by atoms with van der Waals surface area (Å²) in [5.41, 5.74) is 5.44. The molecule has 2 atom stereocenters. The first kappa shape index (κ1) is 26.8. The van der Waals surface area contributed by atoms with E-state index >= 15 is 0 Å². The van der Waals surface area contributed by atoms with Crippen LogP contribution >= 0.6 is 0 Å². The second-order valence-electron chi connectivity index (χ2n) is 10.6. The Hall–Kier alpha value is -3.84. The van der Waals surface area contributed by atoms with Crippen molar-refractivity contribution in [1.29, 1.82) is 0 Å². The molecule has 7 heteroatoms. The van der Waals surface area contributed by atoms with Gasteiger partial charge in [0.1, 0.15) is 11.6 Å². The van der Waals surface area contributed by atoms with Crippen LogP contribution in [0.3, 0.4) is 0 Å². The molecule has 0 amide bonds. The average Bonchev–Trinajstić information content (AvgIpc) is 3.30. The second-order valence-corrected chi connectivity index (χ2v) is 10.6. The lowest BCUT2D eigenvalue weighted by molar-refractivity contribution is 0.0941. The van der Waals surface area contributed by atoms with E-state index in [2.05, 4.69) is 72.2 Å². The van der Waals surface area contributed by atoms with E-state index in [0.717, 1.165) is 55.8 Å². The number of benzene rings is 3. The topological polar surface area (TPSA) is 67.9 Å². The molecule has 0 saturated carbocycles. The number of nitrogens with zero attached hydrogens (tertiary/aromatic N) is 3. The predicted molar refractivity (Wildman–Crippen MR) is 155 cm³/mol. The monoisotopic (exact) mass is 527 g/mol. The summed E-state index contributed by atoms with van der Waals surface area (Å²) in [4.78, 5) is 30.3. The van der Waals surface area contributed by atoms with E-state index in [4.69, 9.17) is 9.15 Å². The Kier molecular flexibility index (Phi) is 8.17. The van der Waals surface area contributed by atoms with Crippen LogP contribution in [0, 0.1) is 5.92 Å². The van der Waals surface area contributed by atoms with Crippen LogP contribution in [0.25, 0.3) is 22.2 Å². The Balaban J connectivity index is 1.26. The van der Waals surface area contributed by atoms with Crippen LogP contribution in [0.4, 0.5) is 10.5 Å². The molecule has 0 radical (unpaired) electrons. The van der Waals surface area contributed by atoms with E-state index in [1.54, 1.807) is 6.07 Å². The van der Waals surface area contributed by atoms with E-state index in [1.165, 1.54) is 16.7 Å². The molecule has 1 aliphatic heterocycles. The third-order valence-corrected chi connectivity index (χ3v) is 7.66. The maximum absolute atomic E-state index is 12.9. The van der Waals surface area contributed by atoms with Crippen molar-refractivity contribution in [2.75, 3.05) is 31.1 Å². The molecular formula is C32H37N3O4. The molecule has 0 bridgehead atoms. The highest BCUT2D eigenvalue weighted by atomic mass is 16.6. The smallest absolute Gasteiger partial charge is 0.429 e. The Morgan fingerprint density at radius 3 is 2.38 bits per heavy atom. The lowest BCUT2D eigenvalue weighted by atomic mass is 10.0. The Morgan fingerprint density at radius 2 is 1.64 bits per heavy atom. The molecule has 4 aromatic rings. The van der Waals surface area contributed by atoms with Crippen molar-refractivity contribution in [2.24, 2.45) is 5.92 Å². The van der Waals surface area contributed by atoms with Gasteiger partial charge in [-0.15, -0.1) is 0 Å². The summed E-state index contributed by atoms with van der Waals surface area (Å²) >= 11 is 0. The maximum Gasteiger partial charge on any atom is 0.429 e. The van der Waals surface area contributed by atoms with Crippen molar-refractivity contribution in [3.05, 3.63) is 88.9 Å².